The van der Waals surface area contributed by atoms with Crippen molar-refractivity contribution < 1.29 is 9.90 Å². The fraction of sp³-hybridized carbons (Fsp3) is 0.571. The van der Waals surface area contributed by atoms with E-state index in [2.05, 4.69) is 4.98 Å². The van der Waals surface area contributed by atoms with Crippen molar-refractivity contribution in [1.29, 1.82) is 0 Å². The molecule has 0 atom stereocenters. The first kappa shape index (κ1) is 15.4. The van der Waals surface area contributed by atoms with Gasteiger partial charge in [0, 0.05) is 24.3 Å². The molecular weight excluding hydrogens is 242 g/mol. The van der Waals surface area contributed by atoms with Crippen LogP contribution in [-0.4, -0.2) is 39.6 Å². The van der Waals surface area contributed by atoms with Gasteiger partial charge in [-0.25, -0.2) is 4.98 Å². The number of hydrogen-bond donors (Lipinski definition) is 2. The van der Waals surface area contributed by atoms with Crippen molar-refractivity contribution in [1.82, 2.24) is 9.88 Å². The SMILES string of the molecule is CCc1cc(C(=O)N(CC)CC(C)(C)O)cc(N)n1. The standard InChI is InChI=1S/C14H23N3O2/c1-5-11-7-10(8-12(15)16-11)13(18)17(6-2)9-14(3,4)19/h7-8,19H,5-6,9H2,1-4H3,(H2,15,16). The van der Waals surface area contributed by atoms with Crippen molar-refractivity contribution in [3.8, 4) is 0 Å². The lowest BCUT2D eigenvalue weighted by atomic mass is 10.1. The predicted molar refractivity (Wildman–Crippen MR) is 75.9 cm³/mol. The van der Waals surface area contributed by atoms with E-state index in [4.69, 9.17) is 5.73 Å². The van der Waals surface area contributed by atoms with Crippen LogP contribution in [0, 0.1) is 0 Å². The van der Waals surface area contributed by atoms with Gasteiger partial charge in [0.2, 0.25) is 0 Å². The zero-order valence-corrected chi connectivity index (χ0v) is 12.1. The summed E-state index contributed by atoms with van der Waals surface area (Å²) in [5.74, 6) is 0.218. The highest BCUT2D eigenvalue weighted by Gasteiger charge is 2.22. The van der Waals surface area contributed by atoms with Crippen LogP contribution in [0.2, 0.25) is 0 Å². The number of carbonyl (C=O) groups is 1. The lowest BCUT2D eigenvalue weighted by Crippen LogP contribution is -2.42. The highest BCUT2D eigenvalue weighted by Crippen LogP contribution is 2.13. The first-order valence-corrected chi connectivity index (χ1v) is 6.55. The Labute approximate surface area is 114 Å². The normalized spacial score (nSPS) is 11.4. The molecule has 0 aliphatic carbocycles. The molecule has 0 unspecified atom stereocenters. The summed E-state index contributed by atoms with van der Waals surface area (Å²) in [4.78, 5) is 18.2. The minimum absolute atomic E-state index is 0.131. The van der Waals surface area contributed by atoms with Crippen molar-refractivity contribution in [2.75, 3.05) is 18.8 Å². The van der Waals surface area contributed by atoms with Gasteiger partial charge in [-0.3, -0.25) is 4.79 Å². The first-order valence-electron chi connectivity index (χ1n) is 6.55. The molecule has 0 radical (unpaired) electrons. The number of nitrogens with zero attached hydrogens (tertiary/aromatic N) is 2. The van der Waals surface area contributed by atoms with Crippen molar-refractivity contribution in [3.05, 3.63) is 23.4 Å². The molecular formula is C14H23N3O2. The number of hydrogen-bond acceptors (Lipinski definition) is 4. The summed E-state index contributed by atoms with van der Waals surface area (Å²) in [5.41, 5.74) is 6.11. The summed E-state index contributed by atoms with van der Waals surface area (Å²) in [7, 11) is 0. The Morgan fingerprint density at radius 2 is 2.05 bits per heavy atom. The summed E-state index contributed by atoms with van der Waals surface area (Å²) in [6, 6.07) is 3.33. The van der Waals surface area contributed by atoms with Crippen LogP contribution in [0.15, 0.2) is 12.1 Å². The first-order chi connectivity index (χ1) is 8.76. The summed E-state index contributed by atoms with van der Waals surface area (Å²) in [6.45, 7) is 8.03. The Hall–Kier alpha value is -1.62. The average Bonchev–Trinajstić information content (AvgIpc) is 2.33. The molecule has 0 aromatic carbocycles. The molecule has 0 spiro atoms. The van der Waals surface area contributed by atoms with Gasteiger partial charge in [-0.15, -0.1) is 0 Å². The van der Waals surface area contributed by atoms with E-state index < -0.39 is 5.60 Å². The largest absolute Gasteiger partial charge is 0.389 e. The highest BCUT2D eigenvalue weighted by molar-refractivity contribution is 5.95. The number of aliphatic hydroxyl groups is 1. The molecule has 5 nitrogen and oxygen atoms in total. The molecule has 0 saturated carbocycles. The third-order valence-corrected chi connectivity index (χ3v) is 2.75. The summed E-state index contributed by atoms with van der Waals surface area (Å²) in [6.07, 6.45) is 0.725. The molecule has 5 heteroatoms. The summed E-state index contributed by atoms with van der Waals surface area (Å²) in [5, 5.41) is 9.84. The molecule has 0 bridgehead atoms. The zero-order chi connectivity index (χ0) is 14.6. The number of likely N-dealkylation sites (N-methyl/N-ethyl adjacent to an activating group) is 1. The van der Waals surface area contributed by atoms with Gasteiger partial charge in [0.15, 0.2) is 0 Å². The van der Waals surface area contributed by atoms with E-state index in [0.29, 0.717) is 17.9 Å². The third kappa shape index (κ3) is 4.52. The van der Waals surface area contributed by atoms with Crippen LogP contribution < -0.4 is 5.73 Å². The topological polar surface area (TPSA) is 79.5 Å². The molecule has 19 heavy (non-hydrogen) atoms. The molecule has 1 rings (SSSR count). The molecule has 106 valence electrons. The van der Waals surface area contributed by atoms with E-state index in [1.807, 2.05) is 13.8 Å². The second-order valence-electron chi connectivity index (χ2n) is 5.26. The Morgan fingerprint density at radius 3 is 2.53 bits per heavy atom. The maximum Gasteiger partial charge on any atom is 0.254 e. The van der Waals surface area contributed by atoms with Gasteiger partial charge in [0.05, 0.1) is 5.60 Å². The van der Waals surface area contributed by atoms with E-state index in [1.165, 1.54) is 0 Å². The average molecular weight is 265 g/mol. The van der Waals surface area contributed by atoms with Crippen molar-refractivity contribution >= 4 is 11.7 Å². The van der Waals surface area contributed by atoms with E-state index in [0.717, 1.165) is 12.1 Å². The van der Waals surface area contributed by atoms with Crippen LogP contribution in [0.3, 0.4) is 0 Å². The molecule has 0 aliphatic rings. The van der Waals surface area contributed by atoms with Crippen LogP contribution in [0.5, 0.6) is 0 Å². The van der Waals surface area contributed by atoms with Gasteiger partial charge < -0.3 is 15.7 Å². The van der Waals surface area contributed by atoms with E-state index in [-0.39, 0.29) is 12.5 Å². The molecule has 1 aromatic heterocycles. The van der Waals surface area contributed by atoms with Crippen LogP contribution in [-0.2, 0) is 6.42 Å². The minimum Gasteiger partial charge on any atom is -0.389 e. The van der Waals surface area contributed by atoms with Gasteiger partial charge >= 0.3 is 0 Å². The van der Waals surface area contributed by atoms with Crippen molar-refractivity contribution in [2.24, 2.45) is 0 Å². The molecule has 0 aliphatic heterocycles. The number of nitrogen functional groups attached to an aromatic ring is 1. The Bertz CT molecular complexity index is 452. The Balaban J connectivity index is 3.00. The molecule has 1 heterocycles. The number of nitrogens with two attached hydrogens (primary N) is 1. The second kappa shape index (κ2) is 6.02. The fourth-order valence-electron chi connectivity index (χ4n) is 1.89. The van der Waals surface area contributed by atoms with Gasteiger partial charge in [-0.1, -0.05) is 6.92 Å². The number of aryl methyl sites for hydroxylation is 1. The van der Waals surface area contributed by atoms with Crippen LogP contribution in [0.25, 0.3) is 0 Å². The summed E-state index contributed by atoms with van der Waals surface area (Å²) >= 11 is 0. The van der Waals surface area contributed by atoms with E-state index in [9.17, 15) is 9.90 Å². The third-order valence-electron chi connectivity index (χ3n) is 2.75. The maximum absolute atomic E-state index is 12.4. The van der Waals surface area contributed by atoms with Crippen LogP contribution >= 0.6 is 0 Å². The molecule has 0 saturated heterocycles. The predicted octanol–water partition coefficient (Wildman–Crippen LogP) is 1.46. The van der Waals surface area contributed by atoms with Gasteiger partial charge in [0.25, 0.3) is 5.91 Å². The van der Waals surface area contributed by atoms with E-state index in [1.54, 1.807) is 30.9 Å². The number of anilines is 1. The Morgan fingerprint density at radius 1 is 1.42 bits per heavy atom. The quantitative estimate of drug-likeness (QED) is 0.844. The smallest absolute Gasteiger partial charge is 0.254 e. The second-order valence-corrected chi connectivity index (χ2v) is 5.26. The number of pyridine rings is 1. The summed E-state index contributed by atoms with van der Waals surface area (Å²) < 4.78 is 0. The number of aromatic nitrogens is 1. The molecule has 1 aromatic rings. The van der Waals surface area contributed by atoms with Crippen molar-refractivity contribution in [2.45, 2.75) is 39.7 Å². The van der Waals surface area contributed by atoms with Gasteiger partial charge in [-0.2, -0.15) is 0 Å². The van der Waals surface area contributed by atoms with Crippen molar-refractivity contribution in [3.63, 3.8) is 0 Å². The van der Waals surface area contributed by atoms with E-state index >= 15 is 0 Å². The number of rotatable bonds is 5. The number of carbonyl (C=O) groups excluding carboxylic acids is 1. The van der Waals surface area contributed by atoms with Gasteiger partial charge in [-0.05, 0) is 39.3 Å². The maximum atomic E-state index is 12.4. The van der Waals surface area contributed by atoms with Crippen LogP contribution in [0.1, 0.15) is 43.7 Å². The lowest BCUT2D eigenvalue weighted by molar-refractivity contribution is 0.0314. The number of amides is 1. The fourth-order valence-corrected chi connectivity index (χ4v) is 1.89. The highest BCUT2D eigenvalue weighted by atomic mass is 16.3. The molecule has 3 N–H and O–H groups in total. The van der Waals surface area contributed by atoms with Crippen LogP contribution in [0.4, 0.5) is 5.82 Å². The lowest BCUT2D eigenvalue weighted by Gasteiger charge is -2.28. The monoisotopic (exact) mass is 265 g/mol. The molecule has 0 fully saturated rings. The molecule has 1 amide bonds. The van der Waals surface area contributed by atoms with Gasteiger partial charge in [0.1, 0.15) is 5.82 Å². The Kier molecular flexibility index (Phi) is 4.89. The minimum atomic E-state index is -0.919. The zero-order valence-electron chi connectivity index (χ0n) is 12.1.